The maximum atomic E-state index is 10.3. The summed E-state index contributed by atoms with van der Waals surface area (Å²) in [7, 11) is 0. The first-order valence-corrected chi connectivity index (χ1v) is 3.12. The molecule has 2 atom stereocenters. The van der Waals surface area contributed by atoms with Crippen LogP contribution in [0.4, 0.5) is 0 Å². The molecule has 0 spiro atoms. The molecule has 0 aliphatic carbocycles. The number of hydrogen-bond donors (Lipinski definition) is 2. The lowest BCUT2D eigenvalue weighted by atomic mass is 10.2. The molecule has 0 radical (unpaired) electrons. The van der Waals surface area contributed by atoms with Crippen molar-refractivity contribution in [2.45, 2.75) is 24.9 Å². The van der Waals surface area contributed by atoms with E-state index in [2.05, 4.69) is 5.32 Å². The number of nitrogens with one attached hydrogen (secondary N) is 1. The first-order valence-electron chi connectivity index (χ1n) is 3.12. The minimum absolute atomic E-state index is 0.263. The van der Waals surface area contributed by atoms with Crippen LogP contribution in [-0.4, -0.2) is 23.2 Å². The maximum absolute atomic E-state index is 10.3. The van der Waals surface area contributed by atoms with Gasteiger partial charge in [-0.25, -0.2) is 0 Å². The van der Waals surface area contributed by atoms with Crippen LogP contribution in [0.3, 0.4) is 0 Å². The van der Waals surface area contributed by atoms with E-state index in [4.69, 9.17) is 10.4 Å². The lowest BCUT2D eigenvalue weighted by Crippen LogP contribution is -2.34. The summed E-state index contributed by atoms with van der Waals surface area (Å²) in [6.45, 7) is 0. The molecule has 0 aromatic heterocycles. The third-order valence-corrected chi connectivity index (χ3v) is 1.60. The molecule has 1 fully saturated rings. The summed E-state index contributed by atoms with van der Waals surface area (Å²) in [4.78, 5) is 10.3. The first-order chi connectivity index (χ1) is 4.74. The number of carboxylic acid groups (broad SMARTS) is 1. The molecular weight excluding hydrogens is 132 g/mol. The van der Waals surface area contributed by atoms with E-state index in [1.165, 1.54) is 0 Å². The van der Waals surface area contributed by atoms with Crippen LogP contribution < -0.4 is 5.32 Å². The topological polar surface area (TPSA) is 73.1 Å². The Hall–Kier alpha value is -1.08. The van der Waals surface area contributed by atoms with Crippen molar-refractivity contribution in [2.24, 2.45) is 0 Å². The van der Waals surface area contributed by atoms with Gasteiger partial charge in [0.15, 0.2) is 0 Å². The second-order valence-electron chi connectivity index (χ2n) is 2.32. The second kappa shape index (κ2) is 2.67. The fourth-order valence-electron chi connectivity index (χ4n) is 1.04. The predicted molar refractivity (Wildman–Crippen MR) is 33.2 cm³/mol. The van der Waals surface area contributed by atoms with Crippen molar-refractivity contribution >= 4 is 5.97 Å². The fraction of sp³-hybridized carbons (Fsp3) is 0.667. The van der Waals surface area contributed by atoms with Gasteiger partial charge in [-0.2, -0.15) is 5.26 Å². The summed E-state index contributed by atoms with van der Waals surface area (Å²) in [5.41, 5.74) is 0. The Labute approximate surface area is 58.5 Å². The lowest BCUT2D eigenvalue weighted by Gasteiger charge is -2.02. The zero-order chi connectivity index (χ0) is 7.56. The van der Waals surface area contributed by atoms with Gasteiger partial charge in [0.25, 0.3) is 0 Å². The first kappa shape index (κ1) is 7.03. The Morgan fingerprint density at radius 3 is 2.70 bits per heavy atom. The molecule has 0 bridgehead atoms. The highest BCUT2D eigenvalue weighted by Crippen LogP contribution is 2.10. The summed E-state index contributed by atoms with van der Waals surface area (Å²) in [6.07, 6.45) is 1.21. The van der Waals surface area contributed by atoms with E-state index in [0.29, 0.717) is 12.8 Å². The molecule has 1 heterocycles. The summed E-state index contributed by atoms with van der Waals surface area (Å²) in [5, 5.41) is 19.5. The quantitative estimate of drug-likeness (QED) is 0.525. The Kier molecular flexibility index (Phi) is 1.88. The third-order valence-electron chi connectivity index (χ3n) is 1.60. The van der Waals surface area contributed by atoms with Crippen LogP contribution in [0, 0.1) is 11.3 Å². The third kappa shape index (κ3) is 1.25. The Morgan fingerprint density at radius 1 is 1.70 bits per heavy atom. The Balaban J connectivity index is 2.45. The second-order valence-corrected chi connectivity index (χ2v) is 2.32. The van der Waals surface area contributed by atoms with Gasteiger partial charge in [-0.3, -0.25) is 10.1 Å². The van der Waals surface area contributed by atoms with Crippen LogP contribution in [0.5, 0.6) is 0 Å². The summed E-state index contributed by atoms with van der Waals surface area (Å²) in [6, 6.07) is 1.20. The SMILES string of the molecule is N#CC1CC[C@@H](C(=O)O)N1. The molecule has 1 rings (SSSR count). The van der Waals surface area contributed by atoms with E-state index in [1.807, 2.05) is 6.07 Å². The van der Waals surface area contributed by atoms with Crippen molar-refractivity contribution in [3.8, 4) is 6.07 Å². The number of hydrogen-bond acceptors (Lipinski definition) is 3. The van der Waals surface area contributed by atoms with Crippen molar-refractivity contribution < 1.29 is 9.90 Å². The molecule has 4 heteroatoms. The Bertz CT molecular complexity index is 185. The number of nitrogens with zero attached hydrogens (tertiary/aromatic N) is 1. The molecule has 1 aliphatic rings. The number of rotatable bonds is 1. The molecule has 0 aromatic carbocycles. The zero-order valence-electron chi connectivity index (χ0n) is 5.37. The highest BCUT2D eigenvalue weighted by Gasteiger charge is 2.28. The van der Waals surface area contributed by atoms with E-state index >= 15 is 0 Å². The summed E-state index contributed by atoms with van der Waals surface area (Å²) < 4.78 is 0. The molecule has 0 saturated carbocycles. The van der Waals surface area contributed by atoms with Gasteiger partial charge in [-0.1, -0.05) is 0 Å². The molecule has 1 unspecified atom stereocenters. The predicted octanol–water partition coefficient (Wildman–Crippen LogP) is -0.285. The number of carbonyl (C=O) groups is 1. The van der Waals surface area contributed by atoms with E-state index in [1.54, 1.807) is 0 Å². The van der Waals surface area contributed by atoms with Gasteiger partial charge in [0.2, 0.25) is 0 Å². The Morgan fingerprint density at radius 2 is 2.40 bits per heavy atom. The average Bonchev–Trinajstić information content (AvgIpc) is 2.34. The van der Waals surface area contributed by atoms with Crippen molar-refractivity contribution in [2.75, 3.05) is 0 Å². The van der Waals surface area contributed by atoms with Crippen LogP contribution in [0.1, 0.15) is 12.8 Å². The van der Waals surface area contributed by atoms with Gasteiger partial charge in [0.05, 0.1) is 12.1 Å². The van der Waals surface area contributed by atoms with Crippen molar-refractivity contribution in [3.05, 3.63) is 0 Å². The summed E-state index contributed by atoms with van der Waals surface area (Å²) in [5.74, 6) is -0.863. The van der Waals surface area contributed by atoms with Crippen molar-refractivity contribution in [3.63, 3.8) is 0 Å². The van der Waals surface area contributed by atoms with Gasteiger partial charge in [0.1, 0.15) is 6.04 Å². The molecule has 2 N–H and O–H groups in total. The fourth-order valence-corrected chi connectivity index (χ4v) is 1.04. The van der Waals surface area contributed by atoms with Gasteiger partial charge in [-0.15, -0.1) is 0 Å². The van der Waals surface area contributed by atoms with E-state index < -0.39 is 12.0 Å². The van der Waals surface area contributed by atoms with Gasteiger partial charge < -0.3 is 5.11 Å². The van der Waals surface area contributed by atoms with E-state index in [0.717, 1.165) is 0 Å². The van der Waals surface area contributed by atoms with E-state index in [9.17, 15) is 4.79 Å². The minimum atomic E-state index is -0.863. The van der Waals surface area contributed by atoms with Crippen LogP contribution in [0.25, 0.3) is 0 Å². The van der Waals surface area contributed by atoms with Gasteiger partial charge in [0, 0.05) is 0 Å². The molecule has 1 aliphatic heterocycles. The minimum Gasteiger partial charge on any atom is -0.480 e. The lowest BCUT2D eigenvalue weighted by molar-refractivity contribution is -0.139. The van der Waals surface area contributed by atoms with Crippen molar-refractivity contribution in [1.29, 1.82) is 5.26 Å². The standard InChI is InChI=1S/C6H8N2O2/c7-3-4-1-2-5(8-4)6(9)10/h4-5,8H,1-2H2,(H,9,10)/t4?,5-/m0/s1. The van der Waals surface area contributed by atoms with E-state index in [-0.39, 0.29) is 6.04 Å². The van der Waals surface area contributed by atoms with Crippen LogP contribution in [-0.2, 0) is 4.79 Å². The number of nitriles is 1. The molecule has 0 aromatic rings. The van der Waals surface area contributed by atoms with Gasteiger partial charge in [-0.05, 0) is 12.8 Å². The number of aliphatic carboxylic acids is 1. The molecule has 4 nitrogen and oxygen atoms in total. The molecular formula is C6H8N2O2. The molecule has 0 amide bonds. The van der Waals surface area contributed by atoms with Crippen LogP contribution >= 0.6 is 0 Å². The highest BCUT2D eigenvalue weighted by atomic mass is 16.4. The van der Waals surface area contributed by atoms with Crippen molar-refractivity contribution in [1.82, 2.24) is 5.32 Å². The van der Waals surface area contributed by atoms with Gasteiger partial charge >= 0.3 is 5.97 Å². The molecule has 54 valence electrons. The zero-order valence-corrected chi connectivity index (χ0v) is 5.37. The van der Waals surface area contributed by atoms with Crippen LogP contribution in [0.2, 0.25) is 0 Å². The van der Waals surface area contributed by atoms with Crippen LogP contribution in [0.15, 0.2) is 0 Å². The monoisotopic (exact) mass is 140 g/mol. The molecule has 10 heavy (non-hydrogen) atoms. The average molecular weight is 140 g/mol. The maximum Gasteiger partial charge on any atom is 0.320 e. The normalized spacial score (nSPS) is 31.5. The summed E-state index contributed by atoms with van der Waals surface area (Å²) >= 11 is 0. The number of carboxylic acids is 1. The molecule has 1 saturated heterocycles. The smallest absolute Gasteiger partial charge is 0.320 e. The largest absolute Gasteiger partial charge is 0.480 e. The highest BCUT2D eigenvalue weighted by molar-refractivity contribution is 5.73.